The van der Waals surface area contributed by atoms with Crippen molar-refractivity contribution in [2.24, 2.45) is 0 Å². The fourth-order valence-corrected chi connectivity index (χ4v) is 2.83. The first kappa shape index (κ1) is 32.6. The number of hydrogen-bond acceptors (Lipinski definition) is 9. The zero-order valence-corrected chi connectivity index (χ0v) is 19.6. The molecule has 0 aliphatic heterocycles. The van der Waals surface area contributed by atoms with Crippen LogP contribution in [0.15, 0.2) is 0 Å². The minimum absolute atomic E-state index is 0.0694. The number of nitrogens with one attached hydrogen (secondary N) is 1. The molecule has 0 aromatic heterocycles. The molecular formula is C22H44N2O8. The Balaban J connectivity index is 0. The quantitative estimate of drug-likeness (QED) is 0.0997. The van der Waals surface area contributed by atoms with E-state index in [1.807, 2.05) is 0 Å². The maximum Gasteiger partial charge on any atom is 0.327 e. The number of ether oxygens (including phenoxy) is 1. The molecule has 0 aromatic carbocycles. The van der Waals surface area contributed by atoms with Gasteiger partial charge in [-0.2, -0.15) is 0 Å². The molecule has 0 rings (SSSR count). The van der Waals surface area contributed by atoms with Gasteiger partial charge in [-0.05, 0) is 6.42 Å². The number of carbonyl (C=O) groups excluding carboxylic acids is 2. The Labute approximate surface area is 191 Å². The van der Waals surface area contributed by atoms with Crippen LogP contribution >= 0.6 is 0 Å². The first-order valence-electron chi connectivity index (χ1n) is 11.6. The minimum Gasteiger partial charge on any atom is -0.480 e. The molecule has 0 aromatic rings. The number of esters is 2. The summed E-state index contributed by atoms with van der Waals surface area (Å²) in [6.45, 7) is 3.35. The van der Waals surface area contributed by atoms with Gasteiger partial charge in [0.15, 0.2) is 0 Å². The molecule has 0 unspecified atom stereocenters. The van der Waals surface area contributed by atoms with E-state index in [1.54, 1.807) is 4.90 Å². The van der Waals surface area contributed by atoms with Crippen LogP contribution in [0.4, 0.5) is 0 Å². The van der Waals surface area contributed by atoms with Gasteiger partial charge in [0, 0.05) is 26.1 Å². The molecule has 0 fully saturated rings. The summed E-state index contributed by atoms with van der Waals surface area (Å²) in [6, 6.07) is 0. The van der Waals surface area contributed by atoms with E-state index >= 15 is 0 Å². The van der Waals surface area contributed by atoms with Gasteiger partial charge in [-0.15, -0.1) is 0 Å². The van der Waals surface area contributed by atoms with E-state index < -0.39 is 17.9 Å². The van der Waals surface area contributed by atoms with Crippen molar-refractivity contribution >= 4 is 17.9 Å². The fourth-order valence-electron chi connectivity index (χ4n) is 2.83. The average Bonchev–Trinajstić information content (AvgIpc) is 2.73. The van der Waals surface area contributed by atoms with Crippen LogP contribution < -0.4 is 5.32 Å². The Morgan fingerprint density at radius 2 is 1.19 bits per heavy atom. The first-order valence-corrected chi connectivity index (χ1v) is 11.6. The summed E-state index contributed by atoms with van der Waals surface area (Å²) in [7, 11) is 0. The summed E-state index contributed by atoms with van der Waals surface area (Å²) >= 11 is 0. The molecule has 190 valence electrons. The van der Waals surface area contributed by atoms with Crippen molar-refractivity contribution < 1.29 is 39.5 Å². The number of hydrogen-bond donors (Lipinski definition) is 5. The Morgan fingerprint density at radius 1 is 0.719 bits per heavy atom. The van der Waals surface area contributed by atoms with E-state index in [-0.39, 0.29) is 39.3 Å². The number of nitrogens with zero attached hydrogens (tertiary/aromatic N) is 1. The van der Waals surface area contributed by atoms with Crippen molar-refractivity contribution in [2.45, 2.75) is 71.1 Å². The summed E-state index contributed by atoms with van der Waals surface area (Å²) < 4.78 is 4.57. The van der Waals surface area contributed by atoms with E-state index in [0.29, 0.717) is 19.6 Å². The van der Waals surface area contributed by atoms with E-state index in [1.165, 1.54) is 38.5 Å². The number of carboxylic acid groups (broad SMARTS) is 1. The summed E-state index contributed by atoms with van der Waals surface area (Å²) in [5.41, 5.74) is 0. The number of rotatable bonds is 20. The molecule has 0 amide bonds. The lowest BCUT2D eigenvalue weighted by Crippen LogP contribution is -2.32. The molecule has 0 atom stereocenters. The molecule has 0 radical (unpaired) electrons. The monoisotopic (exact) mass is 464 g/mol. The summed E-state index contributed by atoms with van der Waals surface area (Å²) in [5.74, 6) is -2.33. The van der Waals surface area contributed by atoms with Crippen molar-refractivity contribution in [3.05, 3.63) is 0 Å². The van der Waals surface area contributed by atoms with Gasteiger partial charge >= 0.3 is 17.9 Å². The number of carbonyl (C=O) groups is 3. The first-order chi connectivity index (χ1) is 15.4. The van der Waals surface area contributed by atoms with Gasteiger partial charge in [-0.25, -0.2) is 0 Å². The minimum atomic E-state index is -1.06. The molecule has 0 aliphatic rings. The molecule has 0 saturated heterocycles. The van der Waals surface area contributed by atoms with Crippen molar-refractivity contribution in [1.29, 1.82) is 0 Å². The topological polar surface area (TPSA) is 157 Å². The number of unbranched alkanes of at least 4 members (excludes halogenated alkanes) is 8. The summed E-state index contributed by atoms with van der Waals surface area (Å²) in [5, 5.41) is 36.2. The van der Waals surface area contributed by atoms with Gasteiger partial charge in [0.05, 0.1) is 32.9 Å². The Kier molecular flexibility index (Phi) is 26.1. The van der Waals surface area contributed by atoms with Crippen LogP contribution in [0.3, 0.4) is 0 Å². The van der Waals surface area contributed by atoms with Crippen LogP contribution in [-0.2, 0) is 19.1 Å². The number of aliphatic hydroxyl groups is 3. The van der Waals surface area contributed by atoms with Crippen LogP contribution in [0.2, 0.25) is 0 Å². The van der Waals surface area contributed by atoms with Crippen molar-refractivity contribution in [3.63, 3.8) is 0 Å². The second-order valence-corrected chi connectivity index (χ2v) is 7.43. The van der Waals surface area contributed by atoms with Crippen LogP contribution in [-0.4, -0.2) is 95.8 Å². The SMILES string of the molecule is CCCCCCCCCCCC(=O)OC(=O)CNCC(=O)O.OCCN(CCO)CCO. The molecule has 0 heterocycles. The molecule has 10 heteroatoms. The Morgan fingerprint density at radius 3 is 1.62 bits per heavy atom. The molecule has 5 N–H and O–H groups in total. The highest BCUT2D eigenvalue weighted by molar-refractivity contribution is 5.86. The van der Waals surface area contributed by atoms with Crippen LogP contribution in [0.5, 0.6) is 0 Å². The highest BCUT2D eigenvalue weighted by atomic mass is 16.6. The van der Waals surface area contributed by atoms with E-state index in [2.05, 4.69) is 17.0 Å². The van der Waals surface area contributed by atoms with Crippen LogP contribution in [0.25, 0.3) is 0 Å². The predicted octanol–water partition coefficient (Wildman–Crippen LogP) is 0.917. The van der Waals surface area contributed by atoms with Gasteiger partial charge in [-0.1, -0.05) is 58.3 Å². The van der Waals surface area contributed by atoms with Gasteiger partial charge in [0.25, 0.3) is 0 Å². The number of carboxylic acids is 1. The lowest BCUT2D eigenvalue weighted by Gasteiger charge is -2.17. The van der Waals surface area contributed by atoms with E-state index in [9.17, 15) is 14.4 Å². The van der Waals surface area contributed by atoms with Crippen molar-refractivity contribution in [1.82, 2.24) is 10.2 Å². The molecule has 32 heavy (non-hydrogen) atoms. The third kappa shape index (κ3) is 26.4. The second kappa shape index (κ2) is 25.7. The summed E-state index contributed by atoms with van der Waals surface area (Å²) in [4.78, 5) is 34.6. The number of aliphatic carboxylic acids is 1. The van der Waals surface area contributed by atoms with Crippen molar-refractivity contribution in [3.8, 4) is 0 Å². The van der Waals surface area contributed by atoms with Gasteiger partial charge in [-0.3, -0.25) is 24.6 Å². The lowest BCUT2D eigenvalue weighted by molar-refractivity contribution is -0.159. The third-order valence-electron chi connectivity index (χ3n) is 4.51. The molecule has 0 spiro atoms. The lowest BCUT2D eigenvalue weighted by atomic mass is 10.1. The van der Waals surface area contributed by atoms with Crippen LogP contribution in [0.1, 0.15) is 71.1 Å². The highest BCUT2D eigenvalue weighted by Crippen LogP contribution is 2.10. The molecular weight excluding hydrogens is 420 g/mol. The Hall–Kier alpha value is -1.59. The normalized spacial score (nSPS) is 10.5. The average molecular weight is 465 g/mol. The smallest absolute Gasteiger partial charge is 0.327 e. The zero-order chi connectivity index (χ0) is 24.5. The standard InChI is InChI=1S/C16H29NO5.C6H15NO3/c1-2-3-4-5-6-7-8-9-10-11-15(20)22-16(21)13-17-12-14(18)19;8-4-1-7(2-5-9)3-6-10/h17H,2-13H2,1H3,(H,18,19);8-10H,1-6H2. The zero-order valence-electron chi connectivity index (χ0n) is 19.6. The van der Waals surface area contributed by atoms with Crippen molar-refractivity contribution in [2.75, 3.05) is 52.5 Å². The maximum absolute atomic E-state index is 11.4. The van der Waals surface area contributed by atoms with Gasteiger partial charge in [0.2, 0.25) is 0 Å². The largest absolute Gasteiger partial charge is 0.480 e. The Bertz CT molecular complexity index is 449. The third-order valence-corrected chi connectivity index (χ3v) is 4.51. The molecule has 0 bridgehead atoms. The maximum atomic E-state index is 11.4. The molecule has 0 saturated carbocycles. The molecule has 10 nitrogen and oxygen atoms in total. The fraction of sp³-hybridized carbons (Fsp3) is 0.864. The van der Waals surface area contributed by atoms with Gasteiger partial charge in [0.1, 0.15) is 0 Å². The predicted molar refractivity (Wildman–Crippen MR) is 121 cm³/mol. The van der Waals surface area contributed by atoms with E-state index in [0.717, 1.165) is 19.3 Å². The summed E-state index contributed by atoms with van der Waals surface area (Å²) in [6.07, 6.45) is 10.6. The molecule has 0 aliphatic carbocycles. The van der Waals surface area contributed by atoms with E-state index in [4.69, 9.17) is 20.4 Å². The highest BCUT2D eigenvalue weighted by Gasteiger charge is 2.10. The second-order valence-electron chi connectivity index (χ2n) is 7.43. The number of aliphatic hydroxyl groups excluding tert-OH is 3. The van der Waals surface area contributed by atoms with Crippen LogP contribution in [0, 0.1) is 0 Å². The van der Waals surface area contributed by atoms with Gasteiger partial charge < -0.3 is 25.2 Å².